The van der Waals surface area contributed by atoms with E-state index in [2.05, 4.69) is 4.74 Å². The molecule has 0 aliphatic carbocycles. The van der Waals surface area contributed by atoms with Crippen molar-refractivity contribution >= 4 is 11.9 Å². The number of nitrogens with zero attached hydrogens (tertiary/aromatic N) is 1. The second kappa shape index (κ2) is 8.07. The van der Waals surface area contributed by atoms with Gasteiger partial charge in [0.25, 0.3) is 0 Å². The minimum Gasteiger partial charge on any atom is -0.444 e. The summed E-state index contributed by atoms with van der Waals surface area (Å²) < 4.78 is 60.1. The molecular weight excluding hydrogens is 406 g/mol. The van der Waals surface area contributed by atoms with Gasteiger partial charge >= 0.3 is 12.5 Å². The number of hydrogen-bond donors (Lipinski definition) is 0. The number of carbonyl (C=O) groups excluding carboxylic acids is 2. The number of piperidine rings is 2. The van der Waals surface area contributed by atoms with Gasteiger partial charge < -0.3 is 14.4 Å². The van der Waals surface area contributed by atoms with Crippen LogP contribution in [-0.2, 0) is 4.74 Å². The number of halogens is 4. The molecule has 0 radical (unpaired) electrons. The van der Waals surface area contributed by atoms with Gasteiger partial charge in [0, 0.05) is 23.6 Å². The molecule has 2 aliphatic heterocycles. The molecule has 2 heterocycles. The van der Waals surface area contributed by atoms with Crippen LogP contribution in [0.15, 0.2) is 18.2 Å². The molecule has 2 bridgehead atoms. The molecule has 3 rings (SSSR count). The van der Waals surface area contributed by atoms with Crippen LogP contribution in [0.4, 0.5) is 22.4 Å². The van der Waals surface area contributed by atoms with Crippen molar-refractivity contribution in [3.8, 4) is 5.75 Å². The molecule has 166 valence electrons. The summed E-state index contributed by atoms with van der Waals surface area (Å²) in [5.41, 5.74) is -0.633. The SMILES string of the molecule is CC(C)(C)OC(=O)N1C2CCCC1CC(C(=O)c1ccc(OC(F)(F)F)c(F)c1)C2. The van der Waals surface area contributed by atoms with Crippen LogP contribution in [0.2, 0.25) is 0 Å². The van der Waals surface area contributed by atoms with Crippen molar-refractivity contribution < 1.29 is 36.6 Å². The van der Waals surface area contributed by atoms with E-state index in [-0.39, 0.29) is 23.4 Å². The molecule has 2 saturated heterocycles. The van der Waals surface area contributed by atoms with Gasteiger partial charge in [-0.25, -0.2) is 9.18 Å². The van der Waals surface area contributed by atoms with Crippen LogP contribution in [-0.4, -0.2) is 40.8 Å². The molecule has 2 atom stereocenters. The lowest BCUT2D eigenvalue weighted by molar-refractivity contribution is -0.275. The Morgan fingerprint density at radius 2 is 1.67 bits per heavy atom. The van der Waals surface area contributed by atoms with Crippen molar-refractivity contribution in [2.45, 2.75) is 76.9 Å². The van der Waals surface area contributed by atoms with Gasteiger partial charge in [-0.1, -0.05) is 0 Å². The zero-order valence-electron chi connectivity index (χ0n) is 17.1. The van der Waals surface area contributed by atoms with E-state index in [1.54, 1.807) is 25.7 Å². The van der Waals surface area contributed by atoms with Crippen LogP contribution in [0.1, 0.15) is 63.2 Å². The van der Waals surface area contributed by atoms with Crippen LogP contribution >= 0.6 is 0 Å². The fourth-order valence-electron chi connectivity index (χ4n) is 4.31. The Morgan fingerprint density at radius 3 is 2.17 bits per heavy atom. The summed E-state index contributed by atoms with van der Waals surface area (Å²) in [7, 11) is 0. The summed E-state index contributed by atoms with van der Waals surface area (Å²) >= 11 is 0. The van der Waals surface area contributed by atoms with Gasteiger partial charge in [0.15, 0.2) is 17.3 Å². The van der Waals surface area contributed by atoms with Gasteiger partial charge in [-0.05, 0) is 71.1 Å². The van der Waals surface area contributed by atoms with E-state index in [4.69, 9.17) is 4.74 Å². The number of ketones is 1. The van der Waals surface area contributed by atoms with Crippen LogP contribution in [0.3, 0.4) is 0 Å². The van der Waals surface area contributed by atoms with Crippen LogP contribution < -0.4 is 4.74 Å². The molecule has 2 aliphatic rings. The molecule has 30 heavy (non-hydrogen) atoms. The van der Waals surface area contributed by atoms with E-state index in [9.17, 15) is 27.2 Å². The highest BCUT2D eigenvalue weighted by Gasteiger charge is 2.44. The average Bonchev–Trinajstić information content (AvgIpc) is 2.59. The Bertz CT molecular complexity index is 804. The number of carbonyl (C=O) groups is 2. The van der Waals surface area contributed by atoms with E-state index in [0.717, 1.165) is 37.5 Å². The van der Waals surface area contributed by atoms with Gasteiger partial charge in [-0.3, -0.25) is 4.79 Å². The summed E-state index contributed by atoms with van der Waals surface area (Å²) in [6.07, 6.45) is -2.17. The van der Waals surface area contributed by atoms with Crippen LogP contribution in [0.25, 0.3) is 0 Å². The molecule has 1 aromatic rings. The van der Waals surface area contributed by atoms with E-state index in [1.807, 2.05) is 0 Å². The van der Waals surface area contributed by atoms with Crippen molar-refractivity contribution in [1.82, 2.24) is 4.90 Å². The lowest BCUT2D eigenvalue weighted by Gasteiger charge is -2.48. The first-order chi connectivity index (χ1) is 13.8. The highest BCUT2D eigenvalue weighted by Crippen LogP contribution is 2.39. The number of amides is 1. The quantitative estimate of drug-likeness (QED) is 0.470. The van der Waals surface area contributed by atoms with Crippen molar-refractivity contribution in [1.29, 1.82) is 0 Å². The van der Waals surface area contributed by atoms with Gasteiger partial charge in [0.2, 0.25) is 0 Å². The predicted molar refractivity (Wildman–Crippen MR) is 99.6 cm³/mol. The van der Waals surface area contributed by atoms with E-state index >= 15 is 0 Å². The van der Waals surface area contributed by atoms with E-state index in [0.29, 0.717) is 12.8 Å². The summed E-state index contributed by atoms with van der Waals surface area (Å²) in [6.45, 7) is 5.37. The minimum absolute atomic E-state index is 0.00387. The number of benzene rings is 1. The molecule has 0 N–H and O–H groups in total. The first kappa shape index (κ1) is 22.4. The fraction of sp³-hybridized carbons (Fsp3) is 0.619. The molecule has 1 aromatic carbocycles. The Hall–Kier alpha value is -2.32. The average molecular weight is 431 g/mol. The third-order valence-electron chi connectivity index (χ3n) is 5.39. The van der Waals surface area contributed by atoms with Crippen molar-refractivity contribution in [3.05, 3.63) is 29.6 Å². The second-order valence-electron chi connectivity index (χ2n) is 8.85. The zero-order chi connectivity index (χ0) is 22.3. The van der Waals surface area contributed by atoms with Crippen LogP contribution in [0.5, 0.6) is 5.75 Å². The Morgan fingerprint density at radius 1 is 1.07 bits per heavy atom. The molecule has 2 unspecified atom stereocenters. The van der Waals surface area contributed by atoms with Crippen LogP contribution in [0, 0.1) is 11.7 Å². The fourth-order valence-corrected chi connectivity index (χ4v) is 4.31. The normalized spacial score (nSPS) is 24.4. The van der Waals surface area contributed by atoms with Crippen molar-refractivity contribution in [2.24, 2.45) is 5.92 Å². The number of ether oxygens (including phenoxy) is 2. The maximum atomic E-state index is 14.0. The highest BCUT2D eigenvalue weighted by atomic mass is 19.4. The number of fused-ring (bicyclic) bond motifs is 2. The molecular formula is C21H25F4NO4. The number of Topliss-reactive ketones (excluding diaryl/α,β-unsaturated/α-hetero) is 1. The minimum atomic E-state index is -5.02. The monoisotopic (exact) mass is 431 g/mol. The number of hydrogen-bond acceptors (Lipinski definition) is 4. The predicted octanol–water partition coefficient (Wildman–Crippen LogP) is 5.48. The molecule has 0 aromatic heterocycles. The second-order valence-corrected chi connectivity index (χ2v) is 8.85. The highest BCUT2D eigenvalue weighted by molar-refractivity contribution is 5.98. The molecule has 1 amide bonds. The number of alkyl halides is 3. The lowest BCUT2D eigenvalue weighted by Crippen LogP contribution is -2.56. The van der Waals surface area contributed by atoms with Gasteiger partial charge in [0.05, 0.1) is 0 Å². The van der Waals surface area contributed by atoms with Crippen molar-refractivity contribution in [3.63, 3.8) is 0 Å². The Balaban J connectivity index is 1.73. The summed E-state index contributed by atoms with van der Waals surface area (Å²) in [5.74, 6) is -3.00. The maximum absolute atomic E-state index is 14.0. The molecule has 0 saturated carbocycles. The van der Waals surface area contributed by atoms with Gasteiger partial charge in [0.1, 0.15) is 5.60 Å². The zero-order valence-corrected chi connectivity index (χ0v) is 17.1. The smallest absolute Gasteiger partial charge is 0.444 e. The standard InChI is InChI=1S/C21H25F4NO4/c1-20(2,3)30-19(28)26-14-5-4-6-15(26)10-13(9-14)18(27)12-7-8-17(16(22)11-12)29-21(23,24)25/h7-8,11,13-15H,4-6,9-10H2,1-3H3. The topological polar surface area (TPSA) is 55.8 Å². The lowest BCUT2D eigenvalue weighted by atomic mass is 9.76. The van der Waals surface area contributed by atoms with E-state index in [1.165, 1.54) is 0 Å². The maximum Gasteiger partial charge on any atom is 0.573 e. The molecule has 5 nitrogen and oxygen atoms in total. The van der Waals surface area contributed by atoms with Gasteiger partial charge in [-0.15, -0.1) is 13.2 Å². The largest absolute Gasteiger partial charge is 0.573 e. The van der Waals surface area contributed by atoms with Gasteiger partial charge in [-0.2, -0.15) is 0 Å². The number of rotatable bonds is 3. The third-order valence-corrected chi connectivity index (χ3v) is 5.39. The Kier molecular flexibility index (Phi) is 6.02. The summed E-state index contributed by atoms with van der Waals surface area (Å²) in [5, 5.41) is 0. The third kappa shape index (κ3) is 5.23. The molecule has 9 heteroatoms. The Labute approximate surface area is 172 Å². The molecule has 2 fully saturated rings. The first-order valence-electron chi connectivity index (χ1n) is 9.95. The summed E-state index contributed by atoms with van der Waals surface area (Å²) in [6, 6.07) is 2.42. The first-order valence-corrected chi connectivity index (χ1v) is 9.95. The summed E-state index contributed by atoms with van der Waals surface area (Å²) in [4.78, 5) is 27.3. The van der Waals surface area contributed by atoms with Crippen molar-refractivity contribution in [2.75, 3.05) is 0 Å². The van der Waals surface area contributed by atoms with E-state index < -0.39 is 35.5 Å². The molecule has 0 spiro atoms.